The summed E-state index contributed by atoms with van der Waals surface area (Å²) in [6, 6.07) is 11.2. The fraction of sp³-hybridized carbons (Fsp3) is 0.167. The first-order chi connectivity index (χ1) is 7.15. The van der Waals surface area contributed by atoms with Crippen LogP contribution in [0.25, 0.3) is 5.57 Å². The molecule has 1 aromatic rings. The Hall–Kier alpha value is -2.08. The number of allylic oxidation sites excluding steroid dienone is 2. The summed E-state index contributed by atoms with van der Waals surface area (Å²) in [5, 5.41) is 8.82. The highest BCUT2D eigenvalue weighted by Gasteiger charge is 2.07. The number of rotatable bonds is 2. The molecule has 0 atom stereocenters. The lowest BCUT2D eigenvalue weighted by Crippen LogP contribution is -1.99. The van der Waals surface area contributed by atoms with Gasteiger partial charge in [0.15, 0.2) is 0 Å². The van der Waals surface area contributed by atoms with E-state index >= 15 is 0 Å². The van der Waals surface area contributed by atoms with E-state index in [2.05, 4.69) is 0 Å². The first-order valence-corrected chi connectivity index (χ1v) is 4.50. The Morgan fingerprint density at radius 3 is 2.33 bits per heavy atom. The fourth-order valence-electron chi connectivity index (χ4n) is 1.15. The van der Waals surface area contributed by atoms with Crippen molar-refractivity contribution in [1.29, 1.82) is 5.26 Å². The van der Waals surface area contributed by atoms with Crippen LogP contribution in [0.15, 0.2) is 36.1 Å². The SMILES string of the molecule is CC(=O)OC(C#N)=C(C)c1ccccc1. The first-order valence-electron chi connectivity index (χ1n) is 4.50. The minimum atomic E-state index is -0.484. The van der Waals surface area contributed by atoms with Crippen LogP contribution >= 0.6 is 0 Å². The van der Waals surface area contributed by atoms with Crippen LogP contribution in [0.3, 0.4) is 0 Å². The highest BCUT2D eigenvalue weighted by molar-refractivity contribution is 5.74. The standard InChI is InChI=1S/C12H11NO2/c1-9(11-6-4-3-5-7-11)12(8-13)15-10(2)14/h3-7H,1-2H3. The summed E-state index contributed by atoms with van der Waals surface area (Å²) in [6.45, 7) is 3.02. The molecule has 0 saturated carbocycles. The van der Waals surface area contributed by atoms with Crippen molar-refractivity contribution in [3.63, 3.8) is 0 Å². The van der Waals surface area contributed by atoms with Gasteiger partial charge < -0.3 is 4.74 Å². The average Bonchev–Trinajstić information content (AvgIpc) is 2.26. The third-order valence-electron chi connectivity index (χ3n) is 1.89. The van der Waals surface area contributed by atoms with Gasteiger partial charge in [-0.25, -0.2) is 0 Å². The molecule has 1 rings (SSSR count). The summed E-state index contributed by atoms with van der Waals surface area (Å²) < 4.78 is 4.80. The molecule has 0 aliphatic heterocycles. The molecule has 0 spiro atoms. The molecule has 0 aliphatic rings. The molecule has 0 saturated heterocycles. The van der Waals surface area contributed by atoms with Crippen LogP contribution in [0.1, 0.15) is 19.4 Å². The van der Waals surface area contributed by atoms with E-state index in [0.29, 0.717) is 5.57 Å². The van der Waals surface area contributed by atoms with Crippen LogP contribution in [0.4, 0.5) is 0 Å². The van der Waals surface area contributed by atoms with Gasteiger partial charge in [0.2, 0.25) is 5.76 Å². The number of carbonyl (C=O) groups excluding carboxylic acids is 1. The number of carbonyl (C=O) groups is 1. The number of benzene rings is 1. The summed E-state index contributed by atoms with van der Waals surface area (Å²) >= 11 is 0. The molecule has 0 amide bonds. The van der Waals surface area contributed by atoms with Gasteiger partial charge >= 0.3 is 5.97 Å². The fourth-order valence-corrected chi connectivity index (χ4v) is 1.15. The molecule has 3 heteroatoms. The highest BCUT2D eigenvalue weighted by atomic mass is 16.5. The maximum Gasteiger partial charge on any atom is 0.308 e. The summed E-state index contributed by atoms with van der Waals surface area (Å²) in [5.74, 6) is -0.435. The number of hydrogen-bond donors (Lipinski definition) is 0. The average molecular weight is 201 g/mol. The zero-order valence-corrected chi connectivity index (χ0v) is 8.65. The molecule has 0 aromatic heterocycles. The maximum atomic E-state index is 10.7. The largest absolute Gasteiger partial charge is 0.415 e. The monoisotopic (exact) mass is 201 g/mol. The van der Waals surface area contributed by atoms with Gasteiger partial charge in [0.25, 0.3) is 0 Å². The second kappa shape index (κ2) is 4.97. The minimum absolute atomic E-state index is 0.0497. The second-order valence-corrected chi connectivity index (χ2v) is 3.03. The van der Waals surface area contributed by atoms with Gasteiger partial charge in [-0.05, 0) is 12.5 Å². The Kier molecular flexibility index (Phi) is 3.64. The molecule has 1 aromatic carbocycles. The van der Waals surface area contributed by atoms with Gasteiger partial charge in [-0.2, -0.15) is 5.26 Å². The van der Waals surface area contributed by atoms with E-state index in [0.717, 1.165) is 5.56 Å². The molecule has 0 N–H and O–H groups in total. The molecule has 0 aliphatic carbocycles. The second-order valence-electron chi connectivity index (χ2n) is 3.03. The van der Waals surface area contributed by atoms with E-state index in [1.807, 2.05) is 36.4 Å². The van der Waals surface area contributed by atoms with Crippen molar-refractivity contribution in [2.24, 2.45) is 0 Å². The van der Waals surface area contributed by atoms with Crippen molar-refractivity contribution >= 4 is 11.5 Å². The molecule has 76 valence electrons. The van der Waals surface area contributed by atoms with Crippen molar-refractivity contribution < 1.29 is 9.53 Å². The van der Waals surface area contributed by atoms with Gasteiger partial charge in [0.1, 0.15) is 6.07 Å². The van der Waals surface area contributed by atoms with E-state index in [-0.39, 0.29) is 5.76 Å². The van der Waals surface area contributed by atoms with Gasteiger partial charge in [-0.3, -0.25) is 4.79 Å². The highest BCUT2D eigenvalue weighted by Crippen LogP contribution is 2.18. The molecule has 0 unspecified atom stereocenters. The predicted octanol–water partition coefficient (Wildman–Crippen LogP) is 2.50. The molecule has 3 nitrogen and oxygen atoms in total. The smallest absolute Gasteiger partial charge is 0.308 e. The van der Waals surface area contributed by atoms with Crippen molar-refractivity contribution in [1.82, 2.24) is 0 Å². The topological polar surface area (TPSA) is 50.1 Å². The summed E-state index contributed by atoms with van der Waals surface area (Å²) in [4.78, 5) is 10.7. The van der Waals surface area contributed by atoms with E-state index in [4.69, 9.17) is 10.00 Å². The Morgan fingerprint density at radius 1 is 1.27 bits per heavy atom. The molecule has 0 heterocycles. The predicted molar refractivity (Wildman–Crippen MR) is 56.4 cm³/mol. The first kappa shape index (κ1) is 11.0. The summed E-state index contributed by atoms with van der Waals surface area (Å²) in [5.41, 5.74) is 1.53. The number of ether oxygens (including phenoxy) is 1. The summed E-state index contributed by atoms with van der Waals surface area (Å²) in [6.07, 6.45) is 0. The van der Waals surface area contributed by atoms with Crippen LogP contribution in [0.5, 0.6) is 0 Å². The van der Waals surface area contributed by atoms with Crippen molar-refractivity contribution in [2.75, 3.05) is 0 Å². The number of nitrogens with zero attached hydrogens (tertiary/aromatic N) is 1. The third-order valence-corrected chi connectivity index (χ3v) is 1.89. The third kappa shape index (κ3) is 2.96. The molecular formula is C12H11NO2. The molecular weight excluding hydrogens is 190 g/mol. The van der Waals surface area contributed by atoms with Gasteiger partial charge in [-0.15, -0.1) is 0 Å². The van der Waals surface area contributed by atoms with E-state index in [1.165, 1.54) is 6.92 Å². The van der Waals surface area contributed by atoms with Crippen molar-refractivity contribution in [2.45, 2.75) is 13.8 Å². The van der Waals surface area contributed by atoms with Gasteiger partial charge in [-0.1, -0.05) is 30.3 Å². The normalized spacial score (nSPS) is 11.3. The number of esters is 1. The minimum Gasteiger partial charge on any atom is -0.415 e. The number of nitriles is 1. The summed E-state index contributed by atoms with van der Waals surface area (Å²) in [7, 11) is 0. The lowest BCUT2D eigenvalue weighted by atomic mass is 10.1. The van der Waals surface area contributed by atoms with Gasteiger partial charge in [0.05, 0.1) is 0 Å². The number of hydrogen-bond acceptors (Lipinski definition) is 3. The van der Waals surface area contributed by atoms with Crippen molar-refractivity contribution in [3.05, 3.63) is 41.7 Å². The zero-order chi connectivity index (χ0) is 11.3. The van der Waals surface area contributed by atoms with Crippen LogP contribution in [-0.4, -0.2) is 5.97 Å². The Balaban J connectivity index is 3.08. The molecule has 0 bridgehead atoms. The lowest BCUT2D eigenvalue weighted by molar-refractivity contribution is -0.136. The molecule has 0 fully saturated rings. The van der Waals surface area contributed by atoms with Crippen LogP contribution in [-0.2, 0) is 9.53 Å². The Morgan fingerprint density at radius 2 is 1.87 bits per heavy atom. The zero-order valence-electron chi connectivity index (χ0n) is 8.65. The van der Waals surface area contributed by atoms with Crippen LogP contribution in [0.2, 0.25) is 0 Å². The molecule has 0 radical (unpaired) electrons. The quantitative estimate of drug-likeness (QED) is 0.419. The van der Waals surface area contributed by atoms with Crippen molar-refractivity contribution in [3.8, 4) is 6.07 Å². The molecule has 15 heavy (non-hydrogen) atoms. The van der Waals surface area contributed by atoms with E-state index in [1.54, 1.807) is 6.92 Å². The maximum absolute atomic E-state index is 10.7. The van der Waals surface area contributed by atoms with E-state index in [9.17, 15) is 4.79 Å². The lowest BCUT2D eigenvalue weighted by Gasteiger charge is -2.04. The van der Waals surface area contributed by atoms with Crippen LogP contribution in [0, 0.1) is 11.3 Å². The van der Waals surface area contributed by atoms with Gasteiger partial charge in [0, 0.05) is 12.5 Å². The Bertz CT molecular complexity index is 427. The van der Waals surface area contributed by atoms with E-state index < -0.39 is 5.97 Å². The van der Waals surface area contributed by atoms with Crippen LogP contribution < -0.4 is 0 Å². The Labute approximate surface area is 88.6 Å².